The largest absolute Gasteiger partial charge is 0.466 e. The third-order valence-electron chi connectivity index (χ3n) is 15.3. The number of hydrogen-bond donors (Lipinski definition) is 3. The Morgan fingerprint density at radius 2 is 0.680 bits per heavy atom. The highest BCUT2D eigenvalue weighted by atomic mass is 16.5. The van der Waals surface area contributed by atoms with Gasteiger partial charge in [0.1, 0.15) is 0 Å². The Labute approximate surface area is 467 Å². The number of rotatable bonds is 62. The van der Waals surface area contributed by atoms with Crippen LogP contribution >= 0.6 is 0 Å². The highest BCUT2D eigenvalue weighted by Crippen LogP contribution is 2.17. The van der Waals surface area contributed by atoms with Crippen molar-refractivity contribution in [3.8, 4) is 0 Å². The fraction of sp³-hybridized carbons (Fsp3) is 0.855. The van der Waals surface area contributed by atoms with Gasteiger partial charge in [-0.1, -0.05) is 306 Å². The summed E-state index contributed by atoms with van der Waals surface area (Å²) < 4.78 is 5.48. The molecule has 2 unspecified atom stereocenters. The molecular formula is C69H129NO5. The smallest absolute Gasteiger partial charge is 0.305 e. The van der Waals surface area contributed by atoms with Crippen LogP contribution in [0.2, 0.25) is 0 Å². The van der Waals surface area contributed by atoms with Crippen molar-refractivity contribution in [2.75, 3.05) is 13.2 Å². The first-order chi connectivity index (χ1) is 37.0. The second kappa shape index (κ2) is 64.3. The summed E-state index contributed by atoms with van der Waals surface area (Å²) in [6, 6.07) is -0.630. The van der Waals surface area contributed by atoms with Crippen molar-refractivity contribution in [2.45, 2.75) is 366 Å². The minimum absolute atomic E-state index is 0.000832. The van der Waals surface area contributed by atoms with E-state index in [0.717, 1.165) is 51.4 Å². The van der Waals surface area contributed by atoms with Crippen LogP contribution in [0.1, 0.15) is 354 Å². The molecule has 0 aromatic carbocycles. The third-order valence-corrected chi connectivity index (χ3v) is 15.3. The maximum atomic E-state index is 12.5. The van der Waals surface area contributed by atoms with Crippen molar-refractivity contribution in [2.24, 2.45) is 0 Å². The van der Waals surface area contributed by atoms with Gasteiger partial charge in [-0.15, -0.1) is 0 Å². The first-order valence-corrected chi connectivity index (χ1v) is 33.4. The Morgan fingerprint density at radius 1 is 0.373 bits per heavy atom. The van der Waals surface area contributed by atoms with Gasteiger partial charge in [-0.25, -0.2) is 0 Å². The monoisotopic (exact) mass is 1050 g/mol. The van der Waals surface area contributed by atoms with E-state index in [0.29, 0.717) is 19.4 Å². The van der Waals surface area contributed by atoms with Crippen LogP contribution in [-0.4, -0.2) is 47.4 Å². The van der Waals surface area contributed by atoms with Gasteiger partial charge >= 0.3 is 5.97 Å². The van der Waals surface area contributed by atoms with Crippen molar-refractivity contribution < 1.29 is 24.5 Å². The summed E-state index contributed by atoms with van der Waals surface area (Å²) in [5.41, 5.74) is 0. The van der Waals surface area contributed by atoms with Gasteiger partial charge in [-0.05, 0) is 83.5 Å². The average Bonchev–Trinajstić information content (AvgIpc) is 3.41. The van der Waals surface area contributed by atoms with Crippen molar-refractivity contribution in [3.05, 3.63) is 48.6 Å². The van der Waals surface area contributed by atoms with Gasteiger partial charge in [0.05, 0.1) is 25.4 Å². The highest BCUT2D eigenvalue weighted by Gasteiger charge is 2.18. The van der Waals surface area contributed by atoms with E-state index < -0.39 is 12.1 Å². The van der Waals surface area contributed by atoms with E-state index >= 15 is 0 Å². The van der Waals surface area contributed by atoms with Crippen molar-refractivity contribution in [1.82, 2.24) is 5.32 Å². The maximum Gasteiger partial charge on any atom is 0.305 e. The molecule has 0 aromatic rings. The SMILES string of the molecule is CCCC/C=C\C/C=C\CCCCCCCC(=O)OCCCCCCCCCCCCCC/C=C\CCCCCCCCCCCCC(=O)NC(CO)C(O)/C=C/CCCCCCCCCCCCCCCCCC. The molecule has 440 valence electrons. The number of carbonyl (C=O) groups is 2. The molecule has 0 fully saturated rings. The minimum atomic E-state index is -0.847. The molecule has 0 aliphatic rings. The van der Waals surface area contributed by atoms with Gasteiger partial charge in [-0.2, -0.15) is 0 Å². The van der Waals surface area contributed by atoms with E-state index in [2.05, 4.69) is 55.6 Å². The molecule has 0 saturated heterocycles. The number of aliphatic hydroxyl groups is 2. The second-order valence-corrected chi connectivity index (χ2v) is 22.8. The van der Waals surface area contributed by atoms with Crippen LogP contribution in [-0.2, 0) is 14.3 Å². The number of aliphatic hydroxyl groups excluding tert-OH is 2. The number of unbranched alkanes of at least 4 members (excludes halogenated alkanes) is 45. The molecule has 1 amide bonds. The molecule has 0 aliphatic heterocycles. The standard InChI is InChI=1S/C69H129NO5/c1-3-5-7-9-11-13-15-17-19-20-31-34-37-41-45-49-53-57-61-67(72)66(65-71)70-68(73)62-58-54-50-46-42-38-35-32-29-27-25-23-21-22-24-26-28-30-33-36-40-44-48-52-56-60-64-75-69(74)63-59-55-51-47-43-39-18-16-14-12-10-8-6-4-2/h10,12,16,18,21,23,57,61,66-67,71-72H,3-9,11,13-15,17,19-20,22,24-56,58-60,62-65H2,1-2H3,(H,70,73)/b12-10-,18-16-,23-21-,61-57+. The van der Waals surface area contributed by atoms with Gasteiger partial charge < -0.3 is 20.3 Å². The fourth-order valence-electron chi connectivity index (χ4n) is 10.2. The summed E-state index contributed by atoms with van der Waals surface area (Å²) in [5, 5.41) is 23.2. The molecule has 0 spiro atoms. The van der Waals surface area contributed by atoms with Crippen LogP contribution in [0.4, 0.5) is 0 Å². The van der Waals surface area contributed by atoms with Crippen LogP contribution in [0.15, 0.2) is 48.6 Å². The Balaban J connectivity index is 3.42. The minimum Gasteiger partial charge on any atom is -0.466 e. The van der Waals surface area contributed by atoms with Gasteiger partial charge in [0.2, 0.25) is 5.91 Å². The lowest BCUT2D eigenvalue weighted by Gasteiger charge is -2.20. The lowest BCUT2D eigenvalue weighted by Crippen LogP contribution is -2.45. The number of amides is 1. The average molecular weight is 1050 g/mol. The zero-order chi connectivity index (χ0) is 54.3. The van der Waals surface area contributed by atoms with E-state index in [-0.39, 0.29) is 18.5 Å². The normalized spacial score (nSPS) is 12.9. The summed E-state index contributed by atoms with van der Waals surface area (Å²) in [4.78, 5) is 24.5. The van der Waals surface area contributed by atoms with Crippen molar-refractivity contribution in [1.29, 1.82) is 0 Å². The number of hydrogen-bond acceptors (Lipinski definition) is 5. The van der Waals surface area contributed by atoms with Gasteiger partial charge in [0.25, 0.3) is 0 Å². The molecule has 0 rings (SSSR count). The molecule has 3 N–H and O–H groups in total. The van der Waals surface area contributed by atoms with Gasteiger partial charge in [0, 0.05) is 12.8 Å². The molecule has 0 heterocycles. The molecule has 6 heteroatoms. The topological polar surface area (TPSA) is 95.9 Å². The Hall–Kier alpha value is -2.18. The first-order valence-electron chi connectivity index (χ1n) is 33.4. The lowest BCUT2D eigenvalue weighted by molar-refractivity contribution is -0.143. The van der Waals surface area contributed by atoms with E-state index in [4.69, 9.17) is 4.74 Å². The summed E-state index contributed by atoms with van der Waals surface area (Å²) in [6.07, 6.45) is 83.1. The summed E-state index contributed by atoms with van der Waals surface area (Å²) >= 11 is 0. The molecule has 0 aliphatic carbocycles. The summed E-state index contributed by atoms with van der Waals surface area (Å²) in [6.45, 7) is 4.88. The molecular weight excluding hydrogens is 923 g/mol. The predicted molar refractivity (Wildman–Crippen MR) is 329 cm³/mol. The van der Waals surface area contributed by atoms with Gasteiger partial charge in [0.15, 0.2) is 0 Å². The molecule has 2 atom stereocenters. The zero-order valence-corrected chi connectivity index (χ0v) is 50.3. The molecule has 0 radical (unpaired) electrons. The van der Waals surface area contributed by atoms with Crippen LogP contribution in [0.3, 0.4) is 0 Å². The van der Waals surface area contributed by atoms with Crippen LogP contribution in [0, 0.1) is 0 Å². The Kier molecular flexibility index (Phi) is 62.5. The zero-order valence-electron chi connectivity index (χ0n) is 50.3. The lowest BCUT2D eigenvalue weighted by atomic mass is 10.0. The van der Waals surface area contributed by atoms with Crippen molar-refractivity contribution in [3.63, 3.8) is 0 Å². The van der Waals surface area contributed by atoms with Crippen LogP contribution < -0.4 is 5.32 Å². The first kappa shape index (κ1) is 72.8. The molecule has 6 nitrogen and oxygen atoms in total. The number of nitrogens with one attached hydrogen (secondary N) is 1. The second-order valence-electron chi connectivity index (χ2n) is 22.8. The Bertz CT molecular complexity index is 1260. The van der Waals surface area contributed by atoms with E-state index in [9.17, 15) is 19.8 Å². The molecule has 0 bridgehead atoms. The number of esters is 1. The van der Waals surface area contributed by atoms with Gasteiger partial charge in [-0.3, -0.25) is 9.59 Å². The Morgan fingerprint density at radius 3 is 1.07 bits per heavy atom. The van der Waals surface area contributed by atoms with Crippen LogP contribution in [0.25, 0.3) is 0 Å². The third kappa shape index (κ3) is 60.9. The number of carbonyl (C=O) groups excluding carboxylic acids is 2. The van der Waals surface area contributed by atoms with Crippen LogP contribution in [0.5, 0.6) is 0 Å². The quantitative estimate of drug-likeness (QED) is 0.0320. The highest BCUT2D eigenvalue weighted by molar-refractivity contribution is 5.76. The van der Waals surface area contributed by atoms with Crippen molar-refractivity contribution >= 4 is 11.9 Å². The number of allylic oxidation sites excluding steroid dienone is 7. The van der Waals surface area contributed by atoms with E-state index in [1.807, 2.05) is 6.08 Å². The maximum absolute atomic E-state index is 12.5. The number of ether oxygens (including phenoxy) is 1. The predicted octanol–water partition coefficient (Wildman–Crippen LogP) is 21.3. The molecule has 0 saturated carbocycles. The summed E-state index contributed by atoms with van der Waals surface area (Å²) in [5.74, 6) is -0.0687. The molecule has 75 heavy (non-hydrogen) atoms. The summed E-state index contributed by atoms with van der Waals surface area (Å²) in [7, 11) is 0. The van der Waals surface area contributed by atoms with E-state index in [1.165, 1.54) is 276 Å². The molecule has 0 aromatic heterocycles. The fourth-order valence-corrected chi connectivity index (χ4v) is 10.2. The van der Waals surface area contributed by atoms with E-state index in [1.54, 1.807) is 6.08 Å².